The van der Waals surface area contributed by atoms with Gasteiger partial charge in [0.2, 0.25) is 5.91 Å². The molecule has 1 unspecified atom stereocenters. The van der Waals surface area contributed by atoms with Crippen molar-refractivity contribution in [2.45, 2.75) is 50.7 Å². The van der Waals surface area contributed by atoms with Crippen molar-refractivity contribution in [2.24, 2.45) is 0 Å². The molecule has 0 radical (unpaired) electrons. The van der Waals surface area contributed by atoms with Gasteiger partial charge in [-0.05, 0) is 48.1 Å². The van der Waals surface area contributed by atoms with Crippen LogP contribution in [0.1, 0.15) is 58.9 Å². The molecule has 1 saturated carbocycles. The zero-order valence-corrected chi connectivity index (χ0v) is 19.0. The smallest absolute Gasteiger partial charge is 0.265 e. The molecule has 2 amide bonds. The van der Waals surface area contributed by atoms with Gasteiger partial charge < -0.3 is 10.2 Å². The SMILES string of the molecule is O=C(NC1CCCCC1)C(c1ccccc1F)N(Cc1ccc(F)cc1)C(=O)c1cccs1. The summed E-state index contributed by atoms with van der Waals surface area (Å²) >= 11 is 1.26. The molecule has 0 aliphatic heterocycles. The highest BCUT2D eigenvalue weighted by Crippen LogP contribution is 2.30. The fraction of sp³-hybridized carbons (Fsp3) is 0.308. The molecule has 1 atom stereocenters. The lowest BCUT2D eigenvalue weighted by atomic mass is 9.94. The zero-order chi connectivity index (χ0) is 23.2. The average molecular weight is 469 g/mol. The molecular weight excluding hydrogens is 442 g/mol. The predicted octanol–water partition coefficient (Wildman–Crippen LogP) is 5.86. The number of rotatable bonds is 7. The number of hydrogen-bond donors (Lipinski definition) is 1. The Hall–Kier alpha value is -3.06. The standard InChI is InChI=1S/C26H26F2N2O2S/c27-19-14-12-18(13-15-19)17-30(26(32)23-11-6-16-33-23)24(21-9-4-5-10-22(21)28)25(31)29-20-7-2-1-3-8-20/h4-6,9-16,20,24H,1-3,7-8,17H2,(H,29,31). The van der Waals surface area contributed by atoms with Gasteiger partial charge in [-0.25, -0.2) is 8.78 Å². The third-order valence-corrected chi connectivity index (χ3v) is 6.83. The lowest BCUT2D eigenvalue weighted by molar-refractivity contribution is -0.127. The fourth-order valence-electron chi connectivity index (χ4n) is 4.28. The molecule has 3 aromatic rings. The summed E-state index contributed by atoms with van der Waals surface area (Å²) in [4.78, 5) is 29.0. The van der Waals surface area contributed by atoms with E-state index in [0.717, 1.165) is 32.1 Å². The molecule has 1 fully saturated rings. The number of benzene rings is 2. The van der Waals surface area contributed by atoms with E-state index in [-0.39, 0.29) is 24.1 Å². The fourth-order valence-corrected chi connectivity index (χ4v) is 4.96. The molecule has 33 heavy (non-hydrogen) atoms. The minimum Gasteiger partial charge on any atom is -0.351 e. The van der Waals surface area contributed by atoms with Crippen LogP contribution < -0.4 is 5.32 Å². The van der Waals surface area contributed by atoms with Crippen LogP contribution in [0.15, 0.2) is 66.0 Å². The number of thiophene rings is 1. The maximum absolute atomic E-state index is 15.0. The first-order valence-electron chi connectivity index (χ1n) is 11.2. The molecule has 4 nitrogen and oxygen atoms in total. The molecule has 4 rings (SSSR count). The normalized spacial score (nSPS) is 15.1. The summed E-state index contributed by atoms with van der Waals surface area (Å²) in [6, 6.07) is 14.1. The average Bonchev–Trinajstić information content (AvgIpc) is 3.36. The Kier molecular flexibility index (Phi) is 7.50. The Labute approximate surface area is 196 Å². The molecule has 1 aliphatic carbocycles. The Bertz CT molecular complexity index is 1080. The van der Waals surface area contributed by atoms with Crippen molar-refractivity contribution >= 4 is 23.2 Å². The van der Waals surface area contributed by atoms with Crippen molar-refractivity contribution in [3.05, 3.63) is 93.7 Å². The number of nitrogens with one attached hydrogen (secondary N) is 1. The van der Waals surface area contributed by atoms with E-state index in [0.29, 0.717) is 10.4 Å². The second-order valence-corrected chi connectivity index (χ2v) is 9.25. The van der Waals surface area contributed by atoms with Crippen LogP contribution in [0.4, 0.5) is 8.78 Å². The summed E-state index contributed by atoms with van der Waals surface area (Å²) in [5.74, 6) is -1.72. The van der Waals surface area contributed by atoms with E-state index >= 15 is 0 Å². The predicted molar refractivity (Wildman–Crippen MR) is 125 cm³/mol. The number of nitrogens with zero attached hydrogens (tertiary/aromatic N) is 1. The second kappa shape index (κ2) is 10.7. The quantitative estimate of drug-likeness (QED) is 0.472. The third-order valence-electron chi connectivity index (χ3n) is 5.97. The van der Waals surface area contributed by atoms with Gasteiger partial charge in [-0.3, -0.25) is 9.59 Å². The molecule has 0 saturated heterocycles. The summed E-state index contributed by atoms with van der Waals surface area (Å²) < 4.78 is 28.5. The molecule has 172 valence electrons. The van der Waals surface area contributed by atoms with Gasteiger partial charge in [0, 0.05) is 18.2 Å². The van der Waals surface area contributed by atoms with Crippen LogP contribution in [0.2, 0.25) is 0 Å². The number of carbonyl (C=O) groups excluding carboxylic acids is 2. The maximum atomic E-state index is 15.0. The molecular formula is C26H26F2N2O2S. The largest absolute Gasteiger partial charge is 0.351 e. The van der Waals surface area contributed by atoms with Crippen LogP contribution in [-0.4, -0.2) is 22.8 Å². The van der Waals surface area contributed by atoms with Gasteiger partial charge in [0.05, 0.1) is 4.88 Å². The molecule has 7 heteroatoms. The number of carbonyl (C=O) groups is 2. The third kappa shape index (κ3) is 5.66. The van der Waals surface area contributed by atoms with Crippen LogP contribution >= 0.6 is 11.3 Å². The molecule has 0 spiro atoms. The number of hydrogen-bond acceptors (Lipinski definition) is 3. The first kappa shape index (κ1) is 23.1. The molecule has 0 bridgehead atoms. The van der Waals surface area contributed by atoms with E-state index in [2.05, 4.69) is 5.32 Å². The summed E-state index contributed by atoms with van der Waals surface area (Å²) in [5.41, 5.74) is 0.783. The van der Waals surface area contributed by atoms with E-state index in [9.17, 15) is 18.4 Å². The van der Waals surface area contributed by atoms with Gasteiger partial charge in [0.15, 0.2) is 0 Å². The van der Waals surface area contributed by atoms with Gasteiger partial charge in [-0.15, -0.1) is 11.3 Å². The van der Waals surface area contributed by atoms with E-state index in [1.54, 1.807) is 47.8 Å². The van der Waals surface area contributed by atoms with Crippen LogP contribution in [0.25, 0.3) is 0 Å². The molecule has 1 heterocycles. The van der Waals surface area contributed by atoms with Crippen molar-refractivity contribution in [1.29, 1.82) is 0 Å². The highest BCUT2D eigenvalue weighted by Gasteiger charge is 2.35. The molecule has 1 N–H and O–H groups in total. The van der Waals surface area contributed by atoms with Gasteiger partial charge in [-0.1, -0.05) is 55.7 Å². The van der Waals surface area contributed by atoms with Crippen molar-refractivity contribution in [2.75, 3.05) is 0 Å². The highest BCUT2D eigenvalue weighted by molar-refractivity contribution is 7.12. The zero-order valence-electron chi connectivity index (χ0n) is 18.2. The summed E-state index contributed by atoms with van der Waals surface area (Å²) in [7, 11) is 0. The van der Waals surface area contributed by atoms with Crippen molar-refractivity contribution in [3.63, 3.8) is 0 Å². The van der Waals surface area contributed by atoms with Gasteiger partial charge in [0.25, 0.3) is 5.91 Å². The highest BCUT2D eigenvalue weighted by atomic mass is 32.1. The van der Waals surface area contributed by atoms with Gasteiger partial charge in [0.1, 0.15) is 17.7 Å². The molecule has 1 aliphatic rings. The topological polar surface area (TPSA) is 49.4 Å². The lowest BCUT2D eigenvalue weighted by Crippen LogP contribution is -2.47. The van der Waals surface area contributed by atoms with Crippen molar-refractivity contribution in [3.8, 4) is 0 Å². The van der Waals surface area contributed by atoms with Crippen LogP contribution in [0.3, 0.4) is 0 Å². The van der Waals surface area contributed by atoms with Crippen LogP contribution in [0.5, 0.6) is 0 Å². The Balaban J connectivity index is 1.73. The first-order valence-corrected chi connectivity index (χ1v) is 12.0. The summed E-state index contributed by atoms with van der Waals surface area (Å²) in [5, 5.41) is 4.85. The Morgan fingerprint density at radius 3 is 2.36 bits per heavy atom. The first-order chi connectivity index (χ1) is 16.0. The minimum atomic E-state index is -1.16. The lowest BCUT2D eigenvalue weighted by Gasteiger charge is -2.33. The number of amides is 2. The molecule has 1 aromatic heterocycles. The Morgan fingerprint density at radius 1 is 0.970 bits per heavy atom. The summed E-state index contributed by atoms with van der Waals surface area (Å²) in [6.45, 7) is 0.0358. The van der Waals surface area contributed by atoms with Gasteiger partial charge >= 0.3 is 0 Å². The number of halogens is 2. The van der Waals surface area contributed by atoms with Crippen molar-refractivity contribution < 1.29 is 18.4 Å². The van der Waals surface area contributed by atoms with Crippen molar-refractivity contribution in [1.82, 2.24) is 10.2 Å². The van der Waals surface area contributed by atoms with Gasteiger partial charge in [-0.2, -0.15) is 0 Å². The van der Waals surface area contributed by atoms with E-state index in [1.807, 2.05) is 0 Å². The minimum absolute atomic E-state index is 0.00466. The molecule has 2 aromatic carbocycles. The maximum Gasteiger partial charge on any atom is 0.265 e. The van der Waals surface area contributed by atoms with E-state index < -0.39 is 23.6 Å². The van der Waals surface area contributed by atoms with E-state index in [4.69, 9.17) is 0 Å². The van der Waals surface area contributed by atoms with Crippen LogP contribution in [-0.2, 0) is 11.3 Å². The summed E-state index contributed by atoms with van der Waals surface area (Å²) in [6.07, 6.45) is 4.93. The van der Waals surface area contributed by atoms with E-state index in [1.165, 1.54) is 34.4 Å². The Morgan fingerprint density at radius 2 is 1.70 bits per heavy atom. The van der Waals surface area contributed by atoms with Crippen LogP contribution in [0, 0.1) is 11.6 Å². The monoisotopic (exact) mass is 468 g/mol. The second-order valence-electron chi connectivity index (χ2n) is 8.30.